The van der Waals surface area contributed by atoms with Gasteiger partial charge in [-0.1, -0.05) is 147 Å². The van der Waals surface area contributed by atoms with Crippen LogP contribution < -0.4 is 0 Å². The Labute approximate surface area is 353 Å². The predicted octanol–water partition coefficient (Wildman–Crippen LogP) is 15.2. The Hall–Kier alpha value is -7.75. The van der Waals surface area contributed by atoms with Crippen LogP contribution >= 0.6 is 0 Å². The van der Waals surface area contributed by atoms with E-state index in [4.69, 9.17) is 4.98 Å². The molecule has 3 nitrogen and oxygen atoms in total. The molecule has 3 heteroatoms. The Balaban J connectivity index is 1.08. The molecule has 0 amide bonds. The highest BCUT2D eigenvalue weighted by molar-refractivity contribution is 6.14. The molecule has 61 heavy (non-hydrogen) atoms. The van der Waals surface area contributed by atoms with Gasteiger partial charge in [0.05, 0.1) is 33.3 Å². The minimum atomic E-state index is -0.124. The third kappa shape index (κ3) is 4.89. The Bertz CT molecular complexity index is 3560. The van der Waals surface area contributed by atoms with E-state index in [-0.39, 0.29) is 5.41 Å². The molecule has 0 atom stereocenters. The minimum Gasteiger partial charge on any atom is -0.309 e. The third-order valence-corrected chi connectivity index (χ3v) is 13.5. The fourth-order valence-corrected chi connectivity index (χ4v) is 10.6. The van der Waals surface area contributed by atoms with Gasteiger partial charge in [-0.3, -0.25) is 0 Å². The van der Waals surface area contributed by atoms with Gasteiger partial charge in [-0.05, 0) is 105 Å². The summed E-state index contributed by atoms with van der Waals surface area (Å²) in [6, 6.07) is 73.6. The van der Waals surface area contributed by atoms with Gasteiger partial charge in [-0.15, -0.1) is 0 Å². The van der Waals surface area contributed by atoms with E-state index < -0.39 is 0 Å². The van der Waals surface area contributed by atoms with E-state index in [0.29, 0.717) is 0 Å². The van der Waals surface area contributed by atoms with Crippen LogP contribution in [0, 0.1) is 0 Å². The summed E-state index contributed by atoms with van der Waals surface area (Å²) >= 11 is 0. The summed E-state index contributed by atoms with van der Waals surface area (Å²) in [4.78, 5) is 5.48. The Morgan fingerprint density at radius 3 is 1.46 bits per heavy atom. The summed E-state index contributed by atoms with van der Waals surface area (Å²) in [5.74, 6) is 0. The van der Waals surface area contributed by atoms with Gasteiger partial charge in [0.15, 0.2) is 0 Å². The van der Waals surface area contributed by atoms with Crippen LogP contribution in [0.5, 0.6) is 0 Å². The van der Waals surface area contributed by atoms with Crippen molar-refractivity contribution in [2.45, 2.75) is 19.3 Å². The van der Waals surface area contributed by atoms with Crippen LogP contribution in [-0.4, -0.2) is 14.1 Å². The molecule has 0 radical (unpaired) electrons. The summed E-state index contributed by atoms with van der Waals surface area (Å²) in [7, 11) is 0. The van der Waals surface area contributed by atoms with Gasteiger partial charge in [0.25, 0.3) is 0 Å². The normalized spacial score (nSPS) is 13.2. The topological polar surface area (TPSA) is 22.8 Å². The average Bonchev–Trinajstić information content (AvgIpc) is 3.91. The number of nitrogens with zero attached hydrogens (tertiary/aromatic N) is 3. The van der Waals surface area contributed by atoms with Crippen molar-refractivity contribution < 1.29 is 0 Å². The van der Waals surface area contributed by atoms with E-state index in [1.165, 1.54) is 82.0 Å². The van der Waals surface area contributed by atoms with E-state index in [2.05, 4.69) is 223 Å². The maximum absolute atomic E-state index is 5.48. The number of hydrogen-bond acceptors (Lipinski definition) is 1. The number of hydrogen-bond donors (Lipinski definition) is 0. The lowest BCUT2D eigenvalue weighted by atomic mass is 9.81. The molecule has 3 aromatic heterocycles. The molecule has 0 spiro atoms. The Morgan fingerprint density at radius 2 is 0.852 bits per heavy atom. The largest absolute Gasteiger partial charge is 0.309 e. The molecule has 0 saturated carbocycles. The first-order chi connectivity index (χ1) is 30.0. The van der Waals surface area contributed by atoms with Crippen molar-refractivity contribution in [2.75, 3.05) is 0 Å². The maximum Gasteiger partial charge on any atom is 0.0788 e. The number of fused-ring (bicyclic) bond motifs is 12. The molecule has 1 aliphatic rings. The molecule has 1 aliphatic carbocycles. The van der Waals surface area contributed by atoms with Crippen LogP contribution in [0.15, 0.2) is 200 Å². The van der Waals surface area contributed by atoms with Gasteiger partial charge >= 0.3 is 0 Å². The zero-order valence-corrected chi connectivity index (χ0v) is 33.9. The summed E-state index contributed by atoms with van der Waals surface area (Å²) in [5.41, 5.74) is 17.6. The molecule has 0 saturated heterocycles. The van der Waals surface area contributed by atoms with Gasteiger partial charge in [0.2, 0.25) is 0 Å². The molecule has 3 heterocycles. The molecule has 0 unspecified atom stereocenters. The van der Waals surface area contributed by atoms with Crippen molar-refractivity contribution in [1.29, 1.82) is 0 Å². The summed E-state index contributed by atoms with van der Waals surface area (Å²) in [6.45, 7) is 4.72. The lowest BCUT2D eigenvalue weighted by molar-refractivity contribution is 0.661. The van der Waals surface area contributed by atoms with Crippen LogP contribution in [0.3, 0.4) is 0 Å². The van der Waals surface area contributed by atoms with E-state index in [9.17, 15) is 0 Å². The van der Waals surface area contributed by atoms with Crippen molar-refractivity contribution in [1.82, 2.24) is 14.1 Å². The SMILES string of the molecule is CC1(C)c2ccccc2-c2cc3c(cc21)c(-c1cccc(-c2cc(-n4c5ccccc5c5ccccc54)cc(-n4c5ccccc5c5ccccc54)c2)c1)nc1ccccc13. The van der Waals surface area contributed by atoms with Crippen LogP contribution in [0.2, 0.25) is 0 Å². The molecular formula is C58H39N3. The zero-order chi connectivity index (χ0) is 40.4. The standard InChI is InChI=1S/C58H39N3/c1-58(2)50-24-9-3-18-41(50)48-34-47-42-19-4-10-25-52(42)59-57(49(47)35-51(48)58)37-17-15-16-36(30-37)38-31-39(60-53-26-11-5-20-43(53)44-21-6-12-27-54(44)60)33-40(32-38)61-55-28-13-7-22-45(55)46-23-8-14-29-56(46)61/h3-35H,1-2H3. The van der Waals surface area contributed by atoms with Crippen LogP contribution in [0.25, 0.3) is 110 Å². The summed E-state index contributed by atoms with van der Waals surface area (Å²) in [5, 5.41) is 8.58. The Kier molecular flexibility index (Phi) is 7.07. The molecule has 0 bridgehead atoms. The van der Waals surface area contributed by atoms with Gasteiger partial charge < -0.3 is 9.13 Å². The first-order valence-electron chi connectivity index (χ1n) is 21.2. The highest BCUT2D eigenvalue weighted by Crippen LogP contribution is 2.51. The minimum absolute atomic E-state index is 0.124. The van der Waals surface area contributed by atoms with Crippen molar-refractivity contribution in [2.24, 2.45) is 0 Å². The lowest BCUT2D eigenvalue weighted by Crippen LogP contribution is -2.14. The van der Waals surface area contributed by atoms with Crippen molar-refractivity contribution >= 4 is 65.3 Å². The average molecular weight is 778 g/mol. The van der Waals surface area contributed by atoms with Crippen LogP contribution in [0.1, 0.15) is 25.0 Å². The van der Waals surface area contributed by atoms with E-state index in [0.717, 1.165) is 39.3 Å². The first-order valence-corrected chi connectivity index (χ1v) is 21.2. The maximum atomic E-state index is 5.48. The highest BCUT2D eigenvalue weighted by Gasteiger charge is 2.36. The van der Waals surface area contributed by atoms with Crippen molar-refractivity contribution in [3.8, 4) is 44.9 Å². The van der Waals surface area contributed by atoms with Gasteiger partial charge in [-0.2, -0.15) is 0 Å². The number of pyridine rings is 1. The first kappa shape index (κ1) is 34.1. The number of aromatic nitrogens is 3. The predicted molar refractivity (Wildman–Crippen MR) is 256 cm³/mol. The number of rotatable bonds is 4. The van der Waals surface area contributed by atoms with Gasteiger partial charge in [-0.25, -0.2) is 4.98 Å². The second kappa shape index (κ2) is 12.6. The molecule has 286 valence electrons. The van der Waals surface area contributed by atoms with Crippen molar-refractivity contribution in [3.63, 3.8) is 0 Å². The fraction of sp³-hybridized carbons (Fsp3) is 0.0517. The molecular weight excluding hydrogens is 739 g/mol. The van der Waals surface area contributed by atoms with E-state index in [1.54, 1.807) is 0 Å². The van der Waals surface area contributed by atoms with Crippen molar-refractivity contribution in [3.05, 3.63) is 211 Å². The smallest absolute Gasteiger partial charge is 0.0788 e. The second-order valence-corrected chi connectivity index (χ2v) is 17.1. The van der Waals surface area contributed by atoms with Crippen LogP contribution in [-0.2, 0) is 5.41 Å². The number of benzene rings is 9. The Morgan fingerprint density at radius 1 is 0.344 bits per heavy atom. The molecule has 13 rings (SSSR count). The number of para-hydroxylation sites is 5. The van der Waals surface area contributed by atoms with Crippen LogP contribution in [0.4, 0.5) is 0 Å². The molecule has 0 N–H and O–H groups in total. The van der Waals surface area contributed by atoms with E-state index >= 15 is 0 Å². The van der Waals surface area contributed by atoms with Gasteiger partial charge in [0, 0.05) is 54.7 Å². The monoisotopic (exact) mass is 777 g/mol. The molecule has 0 aliphatic heterocycles. The fourth-order valence-electron chi connectivity index (χ4n) is 10.6. The highest BCUT2D eigenvalue weighted by atomic mass is 15.0. The lowest BCUT2D eigenvalue weighted by Gasteiger charge is -2.22. The summed E-state index contributed by atoms with van der Waals surface area (Å²) < 4.78 is 4.88. The summed E-state index contributed by atoms with van der Waals surface area (Å²) in [6.07, 6.45) is 0. The quantitative estimate of drug-likeness (QED) is 0.163. The zero-order valence-electron chi connectivity index (χ0n) is 33.9. The second-order valence-electron chi connectivity index (χ2n) is 17.1. The van der Waals surface area contributed by atoms with E-state index in [1.807, 2.05) is 0 Å². The van der Waals surface area contributed by atoms with Gasteiger partial charge in [0.1, 0.15) is 0 Å². The third-order valence-electron chi connectivity index (χ3n) is 13.5. The molecule has 9 aromatic carbocycles. The molecule has 12 aromatic rings. The molecule has 0 fully saturated rings.